The molecule has 0 bridgehead atoms. The Hall–Kier alpha value is -3.44. The summed E-state index contributed by atoms with van der Waals surface area (Å²) in [4.78, 5) is 24.0. The van der Waals surface area contributed by atoms with Crippen molar-refractivity contribution in [2.45, 2.75) is 0 Å². The second-order valence-electron chi connectivity index (χ2n) is 6.84. The van der Waals surface area contributed by atoms with Gasteiger partial charge in [0.05, 0.1) is 4.88 Å². The van der Waals surface area contributed by atoms with Crippen molar-refractivity contribution in [3.8, 4) is 11.5 Å². The van der Waals surface area contributed by atoms with E-state index in [0.29, 0.717) is 44.4 Å². The summed E-state index contributed by atoms with van der Waals surface area (Å²) in [6.45, 7) is 1.37. The summed E-state index contributed by atoms with van der Waals surface area (Å²) in [5, 5.41) is 16.6. The van der Waals surface area contributed by atoms with Gasteiger partial charge in [0, 0.05) is 24.0 Å². The molecular weight excluding hydrogens is 408 g/mol. The lowest BCUT2D eigenvalue weighted by Crippen LogP contribution is -2.30. The molecule has 0 atom stereocenters. The number of rotatable bonds is 6. The van der Waals surface area contributed by atoms with Gasteiger partial charge >= 0.3 is 0 Å². The second kappa shape index (κ2) is 8.13. The highest BCUT2D eigenvalue weighted by atomic mass is 32.1. The van der Waals surface area contributed by atoms with E-state index in [2.05, 4.69) is 20.4 Å². The average Bonchev–Trinajstić information content (AvgIpc) is 3.34. The molecule has 4 N–H and O–H groups in total. The van der Waals surface area contributed by atoms with Gasteiger partial charge in [0.1, 0.15) is 16.2 Å². The zero-order chi connectivity index (χ0) is 21.3. The van der Waals surface area contributed by atoms with Crippen LogP contribution in [0.3, 0.4) is 0 Å². The van der Waals surface area contributed by atoms with Crippen LogP contribution in [0.2, 0.25) is 0 Å². The fourth-order valence-electron chi connectivity index (χ4n) is 3.00. The van der Waals surface area contributed by atoms with E-state index < -0.39 is 0 Å². The monoisotopic (exact) mass is 428 g/mol. The van der Waals surface area contributed by atoms with Crippen LogP contribution in [0.25, 0.3) is 10.2 Å². The first-order valence-electron chi connectivity index (χ1n) is 9.08. The highest BCUT2D eigenvalue weighted by Crippen LogP contribution is 2.34. The Bertz CT molecular complexity index is 1140. The van der Waals surface area contributed by atoms with Crippen LogP contribution in [-0.4, -0.2) is 65.7 Å². The smallest absolute Gasteiger partial charge is 0.261 e. The number of nitrogen functional groups attached to an aromatic ring is 1. The molecular formula is C19H20N6O4S. The zero-order valence-corrected chi connectivity index (χ0v) is 17.2. The maximum Gasteiger partial charge on any atom is 0.261 e. The van der Waals surface area contributed by atoms with Crippen LogP contribution >= 0.6 is 11.3 Å². The van der Waals surface area contributed by atoms with E-state index in [1.165, 1.54) is 11.3 Å². The number of hydrogen-bond acceptors (Lipinski definition) is 10. The van der Waals surface area contributed by atoms with Crippen molar-refractivity contribution in [1.82, 2.24) is 20.2 Å². The van der Waals surface area contributed by atoms with Crippen molar-refractivity contribution in [3.63, 3.8) is 0 Å². The molecule has 156 valence electrons. The molecule has 0 radical (unpaired) electrons. The molecule has 2 aromatic heterocycles. The van der Waals surface area contributed by atoms with E-state index in [-0.39, 0.29) is 24.4 Å². The van der Waals surface area contributed by atoms with E-state index in [4.69, 9.17) is 15.2 Å². The summed E-state index contributed by atoms with van der Waals surface area (Å²) >= 11 is 1.20. The van der Waals surface area contributed by atoms with E-state index >= 15 is 0 Å². The van der Waals surface area contributed by atoms with Gasteiger partial charge in [-0.3, -0.25) is 4.79 Å². The molecule has 3 aromatic rings. The highest BCUT2D eigenvalue weighted by Gasteiger charge is 2.22. The number of benzene rings is 1. The second-order valence-corrected chi connectivity index (χ2v) is 7.87. The van der Waals surface area contributed by atoms with Crippen molar-refractivity contribution in [3.05, 3.63) is 40.4 Å². The average molecular weight is 428 g/mol. The minimum absolute atomic E-state index is 0.0146. The first kappa shape index (κ1) is 19.9. The molecule has 3 heterocycles. The molecule has 0 unspecified atom stereocenters. The summed E-state index contributed by atoms with van der Waals surface area (Å²) in [5.74, 6) is 0.949. The van der Waals surface area contributed by atoms with Crippen LogP contribution in [-0.2, 0) is 0 Å². The third-order valence-electron chi connectivity index (χ3n) is 4.45. The number of thiophene rings is 1. The Morgan fingerprint density at radius 1 is 1.30 bits per heavy atom. The van der Waals surface area contributed by atoms with Crippen LogP contribution in [0.5, 0.6) is 11.5 Å². The number of fused-ring (bicyclic) bond motifs is 2. The van der Waals surface area contributed by atoms with Crippen molar-refractivity contribution in [2.75, 3.05) is 39.7 Å². The lowest BCUT2D eigenvalue weighted by molar-refractivity contribution is 0.0955. The van der Waals surface area contributed by atoms with E-state index in [1.54, 1.807) is 24.3 Å². The van der Waals surface area contributed by atoms with Gasteiger partial charge in [-0.2, -0.15) is 0 Å². The highest BCUT2D eigenvalue weighted by molar-refractivity contribution is 7.20. The Labute approximate surface area is 175 Å². The predicted octanol–water partition coefficient (Wildman–Crippen LogP) is 1.52. The number of nitrogens with two attached hydrogens (primary N) is 1. The fourth-order valence-corrected chi connectivity index (χ4v) is 3.95. The minimum atomic E-state index is -0.213. The number of ether oxygens (including phenoxy) is 2. The van der Waals surface area contributed by atoms with Gasteiger partial charge in [-0.05, 0) is 38.4 Å². The number of oxime groups is 1. The first-order valence-corrected chi connectivity index (χ1v) is 9.90. The van der Waals surface area contributed by atoms with E-state index in [1.807, 2.05) is 19.0 Å². The van der Waals surface area contributed by atoms with Crippen LogP contribution in [0, 0.1) is 0 Å². The molecule has 10 nitrogen and oxygen atoms in total. The standard InChI is InChI=1S/C19H20N6O4S/c1-25(2)6-5-21-17(26)14-8-11-16(22-19(20)23-18(11)30-14)15(24-27)10-3-4-12-13(7-10)29-9-28-12/h3-4,7-8,27H,5-6,9H2,1-2H3,(H,21,26)(H2,20,22,23). The molecule has 0 fully saturated rings. The fraction of sp³-hybridized carbons (Fsp3) is 0.263. The number of hydrogen-bond donors (Lipinski definition) is 3. The van der Waals surface area contributed by atoms with Crippen LogP contribution in [0.4, 0.5) is 5.95 Å². The normalized spacial score (nSPS) is 13.2. The Kier molecular flexibility index (Phi) is 5.38. The van der Waals surface area contributed by atoms with Gasteiger partial charge in [-0.1, -0.05) is 5.16 Å². The SMILES string of the molecule is CN(C)CCNC(=O)c1cc2c(C(=NO)c3ccc4c(c3)OCO4)nc(N)nc2s1. The van der Waals surface area contributed by atoms with Crippen LogP contribution < -0.4 is 20.5 Å². The largest absolute Gasteiger partial charge is 0.454 e. The van der Waals surface area contributed by atoms with Gasteiger partial charge < -0.3 is 30.6 Å². The number of anilines is 1. The van der Waals surface area contributed by atoms with Crippen molar-refractivity contribution in [1.29, 1.82) is 0 Å². The molecule has 0 saturated carbocycles. The summed E-state index contributed by atoms with van der Waals surface area (Å²) in [7, 11) is 3.87. The zero-order valence-electron chi connectivity index (χ0n) is 16.4. The Morgan fingerprint density at radius 2 is 2.10 bits per heavy atom. The Balaban J connectivity index is 1.71. The molecule has 1 amide bonds. The van der Waals surface area contributed by atoms with Gasteiger partial charge in [0.15, 0.2) is 11.5 Å². The van der Waals surface area contributed by atoms with Crippen LogP contribution in [0.15, 0.2) is 29.4 Å². The topological polar surface area (TPSA) is 135 Å². The first-order chi connectivity index (χ1) is 14.5. The predicted molar refractivity (Wildman–Crippen MR) is 113 cm³/mol. The number of amides is 1. The number of carbonyl (C=O) groups excluding carboxylic acids is 1. The Morgan fingerprint density at radius 3 is 2.87 bits per heavy atom. The number of nitrogens with zero attached hydrogens (tertiary/aromatic N) is 4. The van der Waals surface area contributed by atoms with Gasteiger partial charge in [0.25, 0.3) is 5.91 Å². The van der Waals surface area contributed by atoms with Gasteiger partial charge in [-0.25, -0.2) is 9.97 Å². The number of carbonyl (C=O) groups is 1. The van der Waals surface area contributed by atoms with Crippen molar-refractivity contribution >= 4 is 39.1 Å². The molecule has 11 heteroatoms. The quantitative estimate of drug-likeness (QED) is 0.306. The maximum absolute atomic E-state index is 12.5. The van der Waals surface area contributed by atoms with Crippen molar-refractivity contribution in [2.24, 2.45) is 5.16 Å². The van der Waals surface area contributed by atoms with Gasteiger partial charge in [-0.15, -0.1) is 11.3 Å². The molecule has 0 saturated heterocycles. The molecule has 0 spiro atoms. The summed E-state index contributed by atoms with van der Waals surface area (Å²) < 4.78 is 10.7. The van der Waals surface area contributed by atoms with E-state index in [9.17, 15) is 10.0 Å². The number of aromatic nitrogens is 2. The lowest BCUT2D eigenvalue weighted by atomic mass is 10.0. The van der Waals surface area contributed by atoms with Crippen molar-refractivity contribution < 1.29 is 19.5 Å². The van der Waals surface area contributed by atoms with Gasteiger partial charge in [0.2, 0.25) is 12.7 Å². The number of likely N-dealkylation sites (N-methyl/N-ethyl adjacent to an activating group) is 1. The molecule has 1 aliphatic heterocycles. The van der Waals surface area contributed by atoms with Crippen LogP contribution in [0.1, 0.15) is 20.9 Å². The molecule has 4 rings (SSSR count). The lowest BCUT2D eigenvalue weighted by Gasteiger charge is -2.09. The maximum atomic E-state index is 12.5. The third kappa shape index (κ3) is 3.84. The number of nitrogens with one attached hydrogen (secondary N) is 1. The molecule has 30 heavy (non-hydrogen) atoms. The van der Waals surface area contributed by atoms with E-state index in [0.717, 1.165) is 6.54 Å². The summed E-state index contributed by atoms with van der Waals surface area (Å²) in [6.07, 6.45) is 0. The molecule has 1 aromatic carbocycles. The molecule has 1 aliphatic rings. The third-order valence-corrected chi connectivity index (χ3v) is 5.48. The minimum Gasteiger partial charge on any atom is -0.454 e. The molecule has 0 aliphatic carbocycles. The summed E-state index contributed by atoms with van der Waals surface area (Å²) in [5.41, 5.74) is 6.95. The summed E-state index contributed by atoms with van der Waals surface area (Å²) in [6, 6.07) is 6.83.